The van der Waals surface area contributed by atoms with Gasteiger partial charge in [0.2, 0.25) is 0 Å². The van der Waals surface area contributed by atoms with Crippen LogP contribution < -0.4 is 15.8 Å². The molecule has 1 aliphatic heterocycles. The number of carbonyl (C=O) groups excluding carboxylic acids is 1. The largest absolute Gasteiger partial charge is 0.490 e. The number of hydrogen-bond acceptors (Lipinski definition) is 3. The second-order valence-electron chi connectivity index (χ2n) is 7.32. The second kappa shape index (κ2) is 8.56. The van der Waals surface area contributed by atoms with E-state index in [1.165, 1.54) is 31.2 Å². The summed E-state index contributed by atoms with van der Waals surface area (Å²) in [6.07, 6.45) is 8.32. The molecule has 1 saturated heterocycles. The molecule has 1 atom stereocenters. The lowest BCUT2D eigenvalue weighted by molar-refractivity contribution is 0.182. The number of piperidine rings is 1. The van der Waals surface area contributed by atoms with Gasteiger partial charge in [0.1, 0.15) is 5.75 Å². The van der Waals surface area contributed by atoms with Crippen molar-refractivity contribution in [1.29, 1.82) is 0 Å². The molecule has 2 fully saturated rings. The highest BCUT2D eigenvalue weighted by Gasteiger charge is 2.23. The molecular formula is C20H31N3O2. The fraction of sp³-hybridized carbons (Fsp3) is 0.650. The first kappa shape index (κ1) is 18.1. The number of benzene rings is 1. The van der Waals surface area contributed by atoms with Gasteiger partial charge in [-0.1, -0.05) is 19.1 Å². The quantitative estimate of drug-likeness (QED) is 0.828. The average Bonchev–Trinajstić information content (AvgIpc) is 3.14. The Balaban J connectivity index is 1.53. The Hall–Kier alpha value is -1.75. The number of primary amides is 1. The number of amides is 2. The van der Waals surface area contributed by atoms with Crippen molar-refractivity contribution >= 4 is 6.03 Å². The van der Waals surface area contributed by atoms with E-state index in [2.05, 4.69) is 36.5 Å². The molecule has 25 heavy (non-hydrogen) atoms. The van der Waals surface area contributed by atoms with E-state index in [4.69, 9.17) is 10.5 Å². The minimum absolute atomic E-state index is 0.302. The number of carbonyl (C=O) groups is 1. The third-order valence-corrected chi connectivity index (χ3v) is 5.54. The summed E-state index contributed by atoms with van der Waals surface area (Å²) in [5.74, 6) is 0.986. The van der Waals surface area contributed by atoms with Crippen LogP contribution >= 0.6 is 0 Å². The van der Waals surface area contributed by atoms with Gasteiger partial charge in [-0.3, -0.25) is 0 Å². The Morgan fingerprint density at radius 1 is 1.20 bits per heavy atom. The van der Waals surface area contributed by atoms with Crippen molar-refractivity contribution < 1.29 is 9.53 Å². The molecule has 1 aromatic rings. The molecule has 0 spiro atoms. The Morgan fingerprint density at radius 2 is 1.84 bits per heavy atom. The van der Waals surface area contributed by atoms with Crippen molar-refractivity contribution in [2.75, 3.05) is 13.1 Å². The predicted molar refractivity (Wildman–Crippen MR) is 99.7 cm³/mol. The lowest BCUT2D eigenvalue weighted by Crippen LogP contribution is -2.47. The lowest BCUT2D eigenvalue weighted by atomic mass is 9.99. The number of likely N-dealkylation sites (tertiary alicyclic amines) is 1. The van der Waals surface area contributed by atoms with E-state index < -0.39 is 0 Å². The number of ether oxygens (including phenoxy) is 1. The topological polar surface area (TPSA) is 67.6 Å². The van der Waals surface area contributed by atoms with E-state index in [1.807, 2.05) is 0 Å². The molecule has 138 valence electrons. The molecule has 5 heteroatoms. The molecule has 1 heterocycles. The highest BCUT2D eigenvalue weighted by molar-refractivity contribution is 5.72. The molecule has 0 bridgehead atoms. The molecule has 1 aliphatic carbocycles. The van der Waals surface area contributed by atoms with Crippen LogP contribution in [0.25, 0.3) is 0 Å². The van der Waals surface area contributed by atoms with E-state index in [9.17, 15) is 4.79 Å². The van der Waals surface area contributed by atoms with Crippen LogP contribution in [0.2, 0.25) is 0 Å². The third-order valence-electron chi connectivity index (χ3n) is 5.54. The number of rotatable bonds is 6. The van der Waals surface area contributed by atoms with Gasteiger partial charge in [-0.05, 0) is 62.6 Å². The summed E-state index contributed by atoms with van der Waals surface area (Å²) in [6, 6.07) is 9.05. The Bertz CT molecular complexity index is 547. The molecule has 5 nitrogen and oxygen atoms in total. The SMILES string of the molecule is CC[C@H](NC1CCN(C(N)=O)CC1)c1ccc(OC2CCCC2)cc1. The van der Waals surface area contributed by atoms with Crippen LogP contribution in [-0.2, 0) is 0 Å². The van der Waals surface area contributed by atoms with Crippen LogP contribution in [0.15, 0.2) is 24.3 Å². The first-order valence-electron chi connectivity index (χ1n) is 9.72. The van der Waals surface area contributed by atoms with Crippen LogP contribution in [0.4, 0.5) is 4.79 Å². The molecule has 3 rings (SSSR count). The summed E-state index contributed by atoms with van der Waals surface area (Å²) in [7, 11) is 0. The summed E-state index contributed by atoms with van der Waals surface area (Å²) in [6.45, 7) is 3.70. The van der Waals surface area contributed by atoms with Crippen molar-refractivity contribution in [2.45, 2.75) is 70.1 Å². The Kier molecular flexibility index (Phi) is 6.19. The summed E-state index contributed by atoms with van der Waals surface area (Å²) < 4.78 is 6.06. The molecular weight excluding hydrogens is 314 g/mol. The van der Waals surface area contributed by atoms with E-state index in [1.54, 1.807) is 4.90 Å². The number of urea groups is 1. The van der Waals surface area contributed by atoms with Gasteiger partial charge in [-0.2, -0.15) is 0 Å². The van der Waals surface area contributed by atoms with Gasteiger partial charge >= 0.3 is 6.03 Å². The maximum atomic E-state index is 11.2. The van der Waals surface area contributed by atoms with Gasteiger partial charge in [0, 0.05) is 25.2 Å². The molecule has 0 radical (unpaired) electrons. The number of nitrogens with zero attached hydrogens (tertiary/aromatic N) is 1. The zero-order valence-corrected chi connectivity index (χ0v) is 15.2. The fourth-order valence-corrected chi connectivity index (χ4v) is 3.98. The summed E-state index contributed by atoms with van der Waals surface area (Å²) in [4.78, 5) is 13.0. The standard InChI is InChI=1S/C20H31N3O2/c1-2-19(22-16-11-13-23(14-12-16)20(21)24)15-7-9-18(10-8-15)25-17-5-3-4-6-17/h7-10,16-17,19,22H,2-6,11-14H2,1H3,(H2,21,24)/t19-/m0/s1. The normalized spacial score (nSPS) is 20.6. The van der Waals surface area contributed by atoms with Crippen molar-refractivity contribution in [1.82, 2.24) is 10.2 Å². The molecule has 0 aromatic heterocycles. The summed E-state index contributed by atoms with van der Waals surface area (Å²) >= 11 is 0. The first-order chi connectivity index (χ1) is 12.2. The van der Waals surface area contributed by atoms with Gasteiger partial charge in [0.05, 0.1) is 6.10 Å². The summed E-state index contributed by atoms with van der Waals surface area (Å²) in [5, 5.41) is 3.75. The zero-order chi connectivity index (χ0) is 17.6. The van der Waals surface area contributed by atoms with Gasteiger partial charge in [-0.15, -0.1) is 0 Å². The van der Waals surface area contributed by atoms with E-state index in [0.717, 1.165) is 38.1 Å². The van der Waals surface area contributed by atoms with Crippen molar-refractivity contribution in [2.24, 2.45) is 5.73 Å². The number of hydrogen-bond donors (Lipinski definition) is 2. The Labute approximate surface area is 150 Å². The first-order valence-corrected chi connectivity index (χ1v) is 9.72. The van der Waals surface area contributed by atoms with Gasteiger partial charge in [0.25, 0.3) is 0 Å². The molecule has 1 saturated carbocycles. The van der Waals surface area contributed by atoms with Crippen LogP contribution in [0.1, 0.15) is 63.5 Å². The molecule has 1 aromatic carbocycles. The number of nitrogens with two attached hydrogens (primary N) is 1. The van der Waals surface area contributed by atoms with Crippen molar-refractivity contribution in [3.05, 3.63) is 29.8 Å². The van der Waals surface area contributed by atoms with Crippen LogP contribution in [0.3, 0.4) is 0 Å². The molecule has 3 N–H and O–H groups in total. The van der Waals surface area contributed by atoms with Crippen molar-refractivity contribution in [3.63, 3.8) is 0 Å². The maximum Gasteiger partial charge on any atom is 0.314 e. The van der Waals surface area contributed by atoms with Crippen LogP contribution in [0, 0.1) is 0 Å². The molecule has 0 unspecified atom stereocenters. The van der Waals surface area contributed by atoms with Gasteiger partial charge < -0.3 is 20.7 Å². The van der Waals surface area contributed by atoms with E-state index in [0.29, 0.717) is 18.2 Å². The lowest BCUT2D eigenvalue weighted by Gasteiger charge is -2.33. The van der Waals surface area contributed by atoms with Crippen molar-refractivity contribution in [3.8, 4) is 5.75 Å². The highest BCUT2D eigenvalue weighted by Crippen LogP contribution is 2.26. The smallest absolute Gasteiger partial charge is 0.314 e. The number of nitrogens with one attached hydrogen (secondary N) is 1. The summed E-state index contributed by atoms with van der Waals surface area (Å²) in [5.41, 5.74) is 6.66. The van der Waals surface area contributed by atoms with E-state index >= 15 is 0 Å². The second-order valence-corrected chi connectivity index (χ2v) is 7.32. The molecule has 2 amide bonds. The fourth-order valence-electron chi connectivity index (χ4n) is 3.98. The van der Waals surface area contributed by atoms with Crippen LogP contribution in [0.5, 0.6) is 5.75 Å². The van der Waals surface area contributed by atoms with E-state index in [-0.39, 0.29) is 6.03 Å². The maximum absolute atomic E-state index is 11.2. The average molecular weight is 345 g/mol. The zero-order valence-electron chi connectivity index (χ0n) is 15.2. The minimum atomic E-state index is -0.302. The van der Waals surface area contributed by atoms with Gasteiger partial charge in [-0.25, -0.2) is 4.79 Å². The predicted octanol–water partition coefficient (Wildman–Crippen LogP) is 3.59. The molecule has 2 aliphatic rings. The Morgan fingerprint density at radius 3 is 2.40 bits per heavy atom. The third kappa shape index (κ3) is 4.88. The monoisotopic (exact) mass is 345 g/mol. The highest BCUT2D eigenvalue weighted by atomic mass is 16.5. The minimum Gasteiger partial charge on any atom is -0.490 e. The van der Waals surface area contributed by atoms with Gasteiger partial charge in [0.15, 0.2) is 0 Å². The van der Waals surface area contributed by atoms with Crippen LogP contribution in [-0.4, -0.2) is 36.2 Å².